The molecule has 0 aliphatic carbocycles. The van der Waals surface area contributed by atoms with E-state index in [1.54, 1.807) is 67.5 Å². The van der Waals surface area contributed by atoms with Crippen molar-refractivity contribution in [2.75, 3.05) is 59.9 Å². The van der Waals surface area contributed by atoms with E-state index in [9.17, 15) is 52.4 Å². The van der Waals surface area contributed by atoms with Gasteiger partial charge in [-0.15, -0.1) is 0 Å². The Kier molecular flexibility index (Phi) is 25.9. The van der Waals surface area contributed by atoms with Crippen LogP contribution in [0, 0.1) is 44.0 Å². The first-order valence-corrected chi connectivity index (χ1v) is 41.9. The smallest absolute Gasteiger partial charge is 0.870 e. The van der Waals surface area contributed by atoms with Gasteiger partial charge >= 0.3 is 30.8 Å². The molecule has 0 fully saturated rings. The van der Waals surface area contributed by atoms with Gasteiger partial charge < -0.3 is 70.3 Å². The topological polar surface area (TPSA) is 241 Å². The number of carboxylic acids is 2. The first-order chi connectivity index (χ1) is 59.9. The van der Waals surface area contributed by atoms with E-state index in [1.165, 1.54) is 97.5 Å². The first kappa shape index (κ1) is 87.2. The van der Waals surface area contributed by atoms with Crippen molar-refractivity contribution < 1.29 is 76.7 Å². The molecule has 4 aliphatic heterocycles. The largest absolute Gasteiger partial charge is 1.00 e. The van der Waals surface area contributed by atoms with Crippen LogP contribution < -0.4 is 38.5 Å². The molecular formula is C104H96F4LiN9O8. The Morgan fingerprint density at radius 2 is 0.611 bits per heavy atom. The van der Waals surface area contributed by atoms with E-state index < -0.39 is 11.9 Å². The van der Waals surface area contributed by atoms with Crippen molar-refractivity contribution >= 4 is 84.2 Å². The number of carbonyl (C=O) groups is 3. The number of halogens is 4. The molecule has 22 heteroatoms. The molecule has 12 aromatic carbocycles. The van der Waals surface area contributed by atoms with Crippen LogP contribution in [0.5, 0.6) is 11.5 Å². The van der Waals surface area contributed by atoms with Gasteiger partial charge in [-0.25, -0.2) is 27.2 Å². The van der Waals surface area contributed by atoms with Gasteiger partial charge in [-0.2, -0.15) is 0 Å². The number of aromatic carboxylic acids is 2. The number of H-pyrrole nitrogens is 4. The molecule has 0 saturated carbocycles. The normalized spacial score (nSPS) is 15.6. The van der Waals surface area contributed by atoms with Crippen LogP contribution in [-0.2, 0) is 51.4 Å². The van der Waals surface area contributed by atoms with Crippen molar-refractivity contribution in [3.8, 4) is 11.5 Å². The molecule has 126 heavy (non-hydrogen) atoms. The number of amides is 1. The number of carboxylic acid groups (broad SMARTS) is 2. The average Bonchev–Trinajstić information content (AvgIpc) is 0.958. The zero-order chi connectivity index (χ0) is 86.1. The van der Waals surface area contributed by atoms with Crippen molar-refractivity contribution in [3.63, 3.8) is 0 Å². The minimum atomic E-state index is -0.985. The third kappa shape index (κ3) is 19.1. The maximum absolute atomic E-state index is 13.6. The van der Waals surface area contributed by atoms with E-state index in [0.29, 0.717) is 12.1 Å². The molecule has 0 radical (unpaired) electrons. The SMILES string of the molecule is CN(C)C(=O)c1cc2ccc(CC3c4ccc(O)cc4CCN3c3ccc(F)cc3)cc2[nH]1.Cc1ccc2c(c1)CCN(c1ccc(F)cc1)C2Cc1ccc2cc(C(=O)O)[nH]c2c1.Cc1ccc2c(c1)CCN(c1ccc(F)cc1)C2Cc1ccc2cc(C)[nH]c2c1.O=C(O)c1cc2ccc(CC3c4ccc(O)cc4CCN3c3ccc(F)cc3)cc2[nH]1.[Li+].[OH-]. The molecule has 1 amide bonds. The van der Waals surface area contributed by atoms with Crippen molar-refractivity contribution in [1.29, 1.82) is 0 Å². The summed E-state index contributed by atoms with van der Waals surface area (Å²) in [7, 11) is 3.48. The van der Waals surface area contributed by atoms with Gasteiger partial charge in [0.05, 0.1) is 24.2 Å². The number of aromatic amines is 4. The Morgan fingerprint density at radius 1 is 0.341 bits per heavy atom. The van der Waals surface area contributed by atoms with Gasteiger partial charge in [0.25, 0.3) is 5.91 Å². The average molecular weight is 1680 g/mol. The Morgan fingerprint density at radius 3 is 0.913 bits per heavy atom. The molecule has 4 aliphatic rings. The molecule has 17 nitrogen and oxygen atoms in total. The molecular weight excluding hydrogens is 1590 g/mol. The van der Waals surface area contributed by atoms with Crippen LogP contribution in [0.15, 0.2) is 267 Å². The van der Waals surface area contributed by atoms with E-state index in [2.05, 4.69) is 139 Å². The third-order valence-corrected chi connectivity index (χ3v) is 24.6. The van der Waals surface area contributed by atoms with Gasteiger partial charge in [0.15, 0.2) is 0 Å². The molecule has 16 aromatic rings. The number of benzene rings is 12. The second kappa shape index (κ2) is 37.4. The summed E-state index contributed by atoms with van der Waals surface area (Å²) in [5.41, 5.74) is 27.0. The fraction of sp³-hybridized carbons (Fsp3) is 0.202. The number of nitrogens with zero attached hydrogens (tertiary/aromatic N) is 5. The van der Waals surface area contributed by atoms with Crippen molar-refractivity contribution in [2.24, 2.45) is 0 Å². The van der Waals surface area contributed by atoms with E-state index in [4.69, 9.17) is 0 Å². The number of nitrogens with one attached hydrogen (secondary N) is 4. The monoisotopic (exact) mass is 1680 g/mol. The summed E-state index contributed by atoms with van der Waals surface area (Å²) >= 11 is 0. The summed E-state index contributed by atoms with van der Waals surface area (Å²) < 4.78 is 54.1. The van der Waals surface area contributed by atoms with Gasteiger partial charge in [0, 0.05) is 107 Å². The zero-order valence-corrected chi connectivity index (χ0v) is 70.9. The number of aryl methyl sites for hydroxylation is 3. The third-order valence-electron chi connectivity index (χ3n) is 24.6. The maximum Gasteiger partial charge on any atom is 1.00 e. The fourth-order valence-electron chi connectivity index (χ4n) is 18.6. The summed E-state index contributed by atoms with van der Waals surface area (Å²) in [5, 5.41) is 42.4. The minimum Gasteiger partial charge on any atom is -0.870 e. The quantitative estimate of drug-likeness (QED) is 0.0353. The van der Waals surface area contributed by atoms with Crippen LogP contribution in [0.1, 0.15) is 139 Å². The molecule has 4 atom stereocenters. The summed E-state index contributed by atoms with van der Waals surface area (Å²) in [6.07, 6.45) is 6.67. The first-order valence-electron chi connectivity index (χ1n) is 41.9. The summed E-state index contributed by atoms with van der Waals surface area (Å²) in [4.78, 5) is 58.5. The van der Waals surface area contributed by atoms with E-state index in [0.717, 1.165) is 160 Å². The Balaban J connectivity index is 0.000000129. The molecule has 0 saturated heterocycles. The number of aromatic nitrogens is 4. The van der Waals surface area contributed by atoms with Crippen molar-refractivity contribution in [1.82, 2.24) is 24.8 Å². The molecule has 0 spiro atoms. The number of hydrogen-bond acceptors (Lipinski definition) is 10. The predicted molar refractivity (Wildman–Crippen MR) is 486 cm³/mol. The van der Waals surface area contributed by atoms with Gasteiger partial charge in [-0.1, -0.05) is 108 Å². The van der Waals surface area contributed by atoms with Gasteiger partial charge in [-0.05, 0) is 314 Å². The van der Waals surface area contributed by atoms with Crippen LogP contribution in [0.4, 0.5) is 40.3 Å². The van der Waals surface area contributed by atoms with Gasteiger partial charge in [-0.3, -0.25) is 4.79 Å². The fourth-order valence-corrected chi connectivity index (χ4v) is 18.6. The Bertz CT molecular complexity index is 6470. The number of anilines is 4. The van der Waals surface area contributed by atoms with Crippen LogP contribution >= 0.6 is 0 Å². The number of rotatable bonds is 15. The molecule has 4 unspecified atom stereocenters. The van der Waals surface area contributed by atoms with E-state index in [-0.39, 0.29) is 101 Å². The molecule has 0 bridgehead atoms. The number of phenols is 2. The summed E-state index contributed by atoms with van der Waals surface area (Å²) in [6.45, 7) is 9.69. The minimum absolute atomic E-state index is 0. The number of carbonyl (C=O) groups excluding carboxylic acids is 1. The second-order valence-corrected chi connectivity index (χ2v) is 33.2. The molecule has 634 valence electrons. The number of aromatic hydroxyl groups is 2. The van der Waals surface area contributed by atoms with Gasteiger partial charge in [0.1, 0.15) is 51.8 Å². The summed E-state index contributed by atoms with van der Waals surface area (Å²) in [6, 6.07) is 83.9. The van der Waals surface area contributed by atoms with Crippen LogP contribution in [0.3, 0.4) is 0 Å². The molecule has 9 N–H and O–H groups in total. The van der Waals surface area contributed by atoms with Crippen LogP contribution in [-0.4, -0.2) is 109 Å². The molecule has 4 aromatic heterocycles. The van der Waals surface area contributed by atoms with E-state index >= 15 is 0 Å². The zero-order valence-electron chi connectivity index (χ0n) is 70.9. The number of fused-ring (bicyclic) bond motifs is 8. The second-order valence-electron chi connectivity index (χ2n) is 33.2. The van der Waals surface area contributed by atoms with Crippen LogP contribution in [0.2, 0.25) is 0 Å². The molecule has 8 heterocycles. The Labute approximate surface area is 739 Å². The molecule has 20 rings (SSSR count). The number of hydrogen-bond donors (Lipinski definition) is 8. The van der Waals surface area contributed by atoms with Crippen molar-refractivity contribution in [3.05, 3.63) is 391 Å². The standard InChI is InChI=1S/C27H26FN3O2.C26H23FN2O2.C26H25FN2.C25H21FN2O3.Li.H2O/c1-30(2)27(33)25-16-19-4-3-17(13-24(19)29-25)14-26-23-10-9-22(32)15-18(23)11-12-31(26)21-7-5-20(28)6-8-21;1-16-2-9-22-18(12-16)10-11-29(21-7-5-20(27)6-8-21)25(22)14-17-3-4-19-15-24(26(30)31)28-23(19)13-17;1-17-3-10-24-20(13-17)11-12-29(23-8-6-22(27)7-9-23)26(24)16-19-4-5-21-14-18(2)28-25(21)15-19;26-18-3-5-19(6-4-18)28-10-9-16-13-20(29)7-8-21(16)24(28)12-15-1-2-17-14-23(25(30)31)27-22(17)11-15;;/h3-10,13,15-16,26,29,32H,11-12,14H2,1-2H3;2-9,12-13,15,25,28H,10-11,14H2,1H3,(H,30,31);3-10,13-15,26,28H,11-12,16H2,1-2H3;1-8,11,13-14,24,27,29H,9-10,12H2,(H,30,31);;1H2/q;;;;+1;/p-1. The number of phenolic OH excluding ortho intramolecular Hbond substituents is 2. The van der Waals surface area contributed by atoms with Gasteiger partial charge in [0.2, 0.25) is 0 Å². The predicted octanol–water partition coefficient (Wildman–Crippen LogP) is 18.9. The Hall–Kier alpha value is -13.7. The summed E-state index contributed by atoms with van der Waals surface area (Å²) in [5.74, 6) is -2.43. The maximum atomic E-state index is 13.6. The van der Waals surface area contributed by atoms with Crippen LogP contribution in [0.25, 0.3) is 43.6 Å². The van der Waals surface area contributed by atoms with E-state index in [1.807, 2.05) is 103 Å². The van der Waals surface area contributed by atoms with Crippen molar-refractivity contribution in [2.45, 2.75) is 96.3 Å².